The van der Waals surface area contributed by atoms with E-state index in [1.54, 1.807) is 6.92 Å². The van der Waals surface area contributed by atoms with Gasteiger partial charge in [-0.2, -0.15) is 5.10 Å². The monoisotopic (exact) mass is 312 g/mol. The molecule has 0 saturated heterocycles. The fourth-order valence-corrected chi connectivity index (χ4v) is 3.98. The Hall–Kier alpha value is -1.41. The summed E-state index contributed by atoms with van der Waals surface area (Å²) in [5.41, 5.74) is 3.00. The number of thioether (sulfide) groups is 1. The minimum Gasteiger partial charge on any atom is -0.468 e. The van der Waals surface area contributed by atoms with Crippen molar-refractivity contribution in [2.24, 2.45) is 7.05 Å². The number of ether oxygens (including phenoxy) is 1. The van der Waals surface area contributed by atoms with Crippen LogP contribution >= 0.6 is 23.1 Å². The summed E-state index contributed by atoms with van der Waals surface area (Å²) in [5, 5.41) is 13.2. The number of rotatable bonds is 4. The number of aromatic nitrogens is 4. The van der Waals surface area contributed by atoms with Gasteiger partial charge in [0.1, 0.15) is 5.25 Å². The quantitative estimate of drug-likeness (QED) is 0.637. The van der Waals surface area contributed by atoms with Gasteiger partial charge in [0.25, 0.3) is 0 Å². The molecule has 0 spiro atoms. The zero-order chi connectivity index (χ0) is 14.9. The summed E-state index contributed by atoms with van der Waals surface area (Å²) in [6, 6.07) is 0. The number of carbonyl (C=O) groups is 1. The third-order valence-corrected chi connectivity index (χ3v) is 5.04. The highest BCUT2D eigenvalue weighted by atomic mass is 32.2. The van der Waals surface area contributed by atoms with Crippen LogP contribution in [0, 0.1) is 13.8 Å². The predicted molar refractivity (Wildman–Crippen MR) is 78.9 cm³/mol. The Balaban J connectivity index is 2.23. The van der Waals surface area contributed by atoms with E-state index in [2.05, 4.69) is 15.3 Å². The van der Waals surface area contributed by atoms with Crippen LogP contribution in [0.1, 0.15) is 18.3 Å². The van der Waals surface area contributed by atoms with Crippen molar-refractivity contribution in [1.29, 1.82) is 0 Å². The Labute approximate surface area is 125 Å². The zero-order valence-corrected chi connectivity index (χ0v) is 13.6. The van der Waals surface area contributed by atoms with Crippen LogP contribution in [0.2, 0.25) is 0 Å². The van der Waals surface area contributed by atoms with E-state index in [4.69, 9.17) is 4.74 Å². The average molecular weight is 312 g/mol. The summed E-state index contributed by atoms with van der Waals surface area (Å²) in [6.07, 6.45) is 0. The molecule has 0 bridgehead atoms. The molecule has 0 amide bonds. The van der Waals surface area contributed by atoms with Crippen LogP contribution in [0.25, 0.3) is 10.6 Å². The topological polar surface area (TPSA) is 69.9 Å². The Bertz CT molecular complexity index is 635. The standard InChI is InChI=1S/C12H16N4O2S2/c1-6-9(7(2)16(4)15-6)10-13-14-12(20-10)19-8(3)11(17)18-5/h8H,1-5H3. The van der Waals surface area contributed by atoms with Gasteiger partial charge in [-0.3, -0.25) is 9.48 Å². The molecular weight excluding hydrogens is 296 g/mol. The third-order valence-electron chi connectivity index (χ3n) is 2.94. The van der Waals surface area contributed by atoms with Crippen LogP contribution in [-0.4, -0.2) is 38.3 Å². The van der Waals surface area contributed by atoms with Crippen LogP contribution in [-0.2, 0) is 16.6 Å². The van der Waals surface area contributed by atoms with Gasteiger partial charge in [-0.1, -0.05) is 23.1 Å². The van der Waals surface area contributed by atoms with Gasteiger partial charge >= 0.3 is 5.97 Å². The molecule has 6 nitrogen and oxygen atoms in total. The van der Waals surface area contributed by atoms with Gasteiger partial charge in [0.15, 0.2) is 9.35 Å². The minimum atomic E-state index is -0.295. The molecule has 8 heteroatoms. The van der Waals surface area contributed by atoms with Gasteiger partial charge in [0.2, 0.25) is 0 Å². The van der Waals surface area contributed by atoms with E-state index in [1.807, 2.05) is 25.6 Å². The number of carbonyl (C=O) groups excluding carboxylic acids is 1. The first-order chi connectivity index (χ1) is 9.43. The first-order valence-electron chi connectivity index (χ1n) is 6.02. The van der Waals surface area contributed by atoms with Crippen molar-refractivity contribution in [2.75, 3.05) is 7.11 Å². The van der Waals surface area contributed by atoms with Crippen molar-refractivity contribution < 1.29 is 9.53 Å². The number of esters is 1. The highest BCUT2D eigenvalue weighted by molar-refractivity contribution is 8.02. The highest BCUT2D eigenvalue weighted by Gasteiger charge is 2.20. The molecule has 0 N–H and O–H groups in total. The Morgan fingerprint density at radius 2 is 2.10 bits per heavy atom. The molecule has 1 atom stereocenters. The van der Waals surface area contributed by atoms with Crippen molar-refractivity contribution in [3.05, 3.63) is 11.4 Å². The normalized spacial score (nSPS) is 12.4. The summed E-state index contributed by atoms with van der Waals surface area (Å²) in [4.78, 5) is 11.4. The summed E-state index contributed by atoms with van der Waals surface area (Å²) >= 11 is 2.82. The molecule has 0 fully saturated rings. The molecule has 1 unspecified atom stereocenters. The van der Waals surface area contributed by atoms with E-state index < -0.39 is 0 Å². The van der Waals surface area contributed by atoms with Gasteiger partial charge in [-0.05, 0) is 20.8 Å². The second-order valence-electron chi connectivity index (χ2n) is 4.33. The largest absolute Gasteiger partial charge is 0.468 e. The lowest BCUT2D eigenvalue weighted by molar-refractivity contribution is -0.139. The summed E-state index contributed by atoms with van der Waals surface area (Å²) < 4.78 is 7.28. The molecule has 108 valence electrons. The van der Waals surface area contributed by atoms with Crippen molar-refractivity contribution in [2.45, 2.75) is 30.4 Å². The molecule has 0 aliphatic heterocycles. The zero-order valence-electron chi connectivity index (χ0n) is 12.0. The van der Waals surface area contributed by atoms with Crippen molar-refractivity contribution in [3.63, 3.8) is 0 Å². The fraction of sp³-hybridized carbons (Fsp3) is 0.500. The Kier molecular flexibility index (Phi) is 4.44. The van der Waals surface area contributed by atoms with E-state index in [-0.39, 0.29) is 11.2 Å². The number of nitrogens with zero attached hydrogens (tertiary/aromatic N) is 4. The molecule has 2 rings (SSSR count). The lowest BCUT2D eigenvalue weighted by atomic mass is 10.2. The van der Waals surface area contributed by atoms with Gasteiger partial charge in [-0.25, -0.2) is 0 Å². The molecule has 0 aromatic carbocycles. The highest BCUT2D eigenvalue weighted by Crippen LogP contribution is 2.34. The SMILES string of the molecule is COC(=O)C(C)Sc1nnc(-c2c(C)nn(C)c2C)s1. The Morgan fingerprint density at radius 3 is 2.65 bits per heavy atom. The Morgan fingerprint density at radius 1 is 1.40 bits per heavy atom. The molecule has 2 aromatic heterocycles. The lowest BCUT2D eigenvalue weighted by Gasteiger charge is -2.04. The van der Waals surface area contributed by atoms with Gasteiger partial charge in [-0.15, -0.1) is 10.2 Å². The molecule has 20 heavy (non-hydrogen) atoms. The van der Waals surface area contributed by atoms with Crippen LogP contribution < -0.4 is 0 Å². The number of aryl methyl sites for hydroxylation is 2. The molecule has 2 heterocycles. The molecule has 0 aliphatic rings. The summed E-state index contributed by atoms with van der Waals surface area (Å²) in [7, 11) is 3.29. The predicted octanol–water partition coefficient (Wildman–Crippen LogP) is 2.21. The van der Waals surface area contributed by atoms with Gasteiger partial charge in [0, 0.05) is 12.7 Å². The van der Waals surface area contributed by atoms with Crippen LogP contribution in [0.5, 0.6) is 0 Å². The van der Waals surface area contributed by atoms with Crippen LogP contribution in [0.4, 0.5) is 0 Å². The van der Waals surface area contributed by atoms with E-state index in [9.17, 15) is 4.79 Å². The maximum absolute atomic E-state index is 11.4. The van der Waals surface area contributed by atoms with Crippen LogP contribution in [0.3, 0.4) is 0 Å². The molecule has 0 saturated carbocycles. The average Bonchev–Trinajstić information content (AvgIpc) is 2.94. The third kappa shape index (κ3) is 2.85. The van der Waals surface area contributed by atoms with E-state index >= 15 is 0 Å². The minimum absolute atomic E-state index is 0.263. The maximum atomic E-state index is 11.4. The maximum Gasteiger partial charge on any atom is 0.318 e. The molecular formula is C12H16N4O2S2. The lowest BCUT2D eigenvalue weighted by Crippen LogP contribution is -2.14. The first kappa shape index (κ1) is 15.0. The number of methoxy groups -OCH3 is 1. The first-order valence-corrected chi connectivity index (χ1v) is 7.72. The molecule has 0 radical (unpaired) electrons. The van der Waals surface area contributed by atoms with Crippen molar-refractivity contribution in [1.82, 2.24) is 20.0 Å². The molecule has 2 aromatic rings. The van der Waals surface area contributed by atoms with E-state index in [1.165, 1.54) is 30.2 Å². The van der Waals surface area contributed by atoms with Gasteiger partial charge in [0.05, 0.1) is 18.4 Å². The number of hydrogen-bond acceptors (Lipinski definition) is 7. The van der Waals surface area contributed by atoms with E-state index in [0.717, 1.165) is 26.3 Å². The van der Waals surface area contributed by atoms with E-state index in [0.29, 0.717) is 0 Å². The fourth-order valence-electron chi connectivity index (χ4n) is 1.81. The molecule has 0 aliphatic carbocycles. The van der Waals surface area contributed by atoms with Crippen molar-refractivity contribution >= 4 is 29.1 Å². The second-order valence-corrected chi connectivity index (χ2v) is 6.89. The summed E-state index contributed by atoms with van der Waals surface area (Å²) in [6.45, 7) is 5.74. The number of hydrogen-bond donors (Lipinski definition) is 0. The second kappa shape index (κ2) is 5.92. The summed E-state index contributed by atoms with van der Waals surface area (Å²) in [5.74, 6) is -0.263. The van der Waals surface area contributed by atoms with Gasteiger partial charge < -0.3 is 4.74 Å². The smallest absolute Gasteiger partial charge is 0.318 e. The van der Waals surface area contributed by atoms with Crippen LogP contribution in [0.15, 0.2) is 4.34 Å². The van der Waals surface area contributed by atoms with Crippen molar-refractivity contribution in [3.8, 4) is 10.6 Å².